The second-order valence-electron chi connectivity index (χ2n) is 2.41. The highest BCUT2D eigenvalue weighted by atomic mass is 16.4. The van der Waals surface area contributed by atoms with E-state index in [9.17, 15) is 4.79 Å². The van der Waals surface area contributed by atoms with Crippen molar-refractivity contribution in [2.75, 3.05) is 5.32 Å². The van der Waals surface area contributed by atoms with Crippen molar-refractivity contribution >= 4 is 17.4 Å². The molecule has 0 atom stereocenters. The lowest BCUT2D eigenvalue weighted by atomic mass is 10.4. The molecule has 0 aliphatic rings. The molecule has 0 aromatic carbocycles. The molecule has 0 unspecified atom stereocenters. The largest absolute Gasteiger partial charge is 0.465 e. The second kappa shape index (κ2) is 2.74. The third kappa shape index (κ3) is 1.41. The Balaban J connectivity index is 2.42. The van der Waals surface area contributed by atoms with Gasteiger partial charge in [-0.2, -0.15) is 5.10 Å². The van der Waals surface area contributed by atoms with Crippen LogP contribution in [0.2, 0.25) is 0 Å². The Hall–Kier alpha value is -2.11. The first-order valence-electron chi connectivity index (χ1n) is 3.55. The Labute approximate surface area is 72.8 Å². The standard InChI is InChI=1S/C7H6N4O2/c12-7(13)10-5-1-2-11-6(3-5)8-4-9-11/h1-4,10H,(H,12,13). The molecule has 0 aliphatic carbocycles. The number of pyridine rings is 1. The summed E-state index contributed by atoms with van der Waals surface area (Å²) in [5, 5.41) is 14.5. The zero-order valence-electron chi connectivity index (χ0n) is 6.51. The minimum absolute atomic E-state index is 0.480. The fraction of sp³-hybridized carbons (Fsp3) is 0. The number of anilines is 1. The minimum atomic E-state index is -1.09. The highest BCUT2D eigenvalue weighted by Crippen LogP contribution is 2.08. The highest BCUT2D eigenvalue weighted by molar-refractivity contribution is 5.83. The van der Waals surface area contributed by atoms with Crippen LogP contribution in [0, 0.1) is 0 Å². The number of nitrogens with one attached hydrogen (secondary N) is 1. The predicted octanol–water partition coefficient (Wildman–Crippen LogP) is 0.819. The first-order chi connectivity index (χ1) is 6.25. The second-order valence-corrected chi connectivity index (χ2v) is 2.41. The molecule has 0 spiro atoms. The fourth-order valence-corrected chi connectivity index (χ4v) is 1.02. The molecule has 2 aromatic rings. The lowest BCUT2D eigenvalue weighted by molar-refractivity contribution is 0.210. The van der Waals surface area contributed by atoms with Crippen LogP contribution >= 0.6 is 0 Å². The van der Waals surface area contributed by atoms with Gasteiger partial charge in [0.15, 0.2) is 5.65 Å². The fourth-order valence-electron chi connectivity index (χ4n) is 1.02. The van der Waals surface area contributed by atoms with Gasteiger partial charge < -0.3 is 5.11 Å². The molecule has 6 heteroatoms. The van der Waals surface area contributed by atoms with Gasteiger partial charge in [-0.05, 0) is 6.07 Å². The normalized spacial score (nSPS) is 10.2. The van der Waals surface area contributed by atoms with E-state index in [0.29, 0.717) is 11.3 Å². The van der Waals surface area contributed by atoms with E-state index >= 15 is 0 Å². The Bertz CT molecular complexity index is 450. The SMILES string of the molecule is O=C(O)Nc1ccn2ncnc2c1. The molecule has 6 nitrogen and oxygen atoms in total. The molecule has 0 bridgehead atoms. The number of rotatable bonds is 1. The Morgan fingerprint density at radius 3 is 3.23 bits per heavy atom. The third-order valence-electron chi connectivity index (χ3n) is 1.53. The summed E-state index contributed by atoms with van der Waals surface area (Å²) in [6.45, 7) is 0. The van der Waals surface area contributed by atoms with Gasteiger partial charge in [0.05, 0.1) is 0 Å². The van der Waals surface area contributed by atoms with E-state index in [1.54, 1.807) is 22.8 Å². The van der Waals surface area contributed by atoms with E-state index in [4.69, 9.17) is 5.11 Å². The molecule has 2 heterocycles. The molecule has 1 amide bonds. The molecule has 13 heavy (non-hydrogen) atoms. The van der Waals surface area contributed by atoms with Gasteiger partial charge in [0, 0.05) is 18.0 Å². The van der Waals surface area contributed by atoms with Crippen molar-refractivity contribution in [1.82, 2.24) is 14.6 Å². The lowest BCUT2D eigenvalue weighted by Crippen LogP contribution is -2.07. The van der Waals surface area contributed by atoms with Crippen molar-refractivity contribution in [3.8, 4) is 0 Å². The van der Waals surface area contributed by atoms with Crippen LogP contribution in [-0.2, 0) is 0 Å². The van der Waals surface area contributed by atoms with Crippen LogP contribution < -0.4 is 5.32 Å². The average Bonchev–Trinajstić information content (AvgIpc) is 2.49. The summed E-state index contributed by atoms with van der Waals surface area (Å²) in [7, 11) is 0. The summed E-state index contributed by atoms with van der Waals surface area (Å²) in [6, 6.07) is 3.21. The molecule has 0 saturated carbocycles. The molecule has 2 aromatic heterocycles. The van der Waals surface area contributed by atoms with Crippen molar-refractivity contribution < 1.29 is 9.90 Å². The van der Waals surface area contributed by atoms with Crippen LogP contribution in [0.1, 0.15) is 0 Å². The monoisotopic (exact) mass is 178 g/mol. The number of carboxylic acid groups (broad SMARTS) is 1. The van der Waals surface area contributed by atoms with Crippen molar-refractivity contribution in [1.29, 1.82) is 0 Å². The van der Waals surface area contributed by atoms with E-state index in [2.05, 4.69) is 15.4 Å². The van der Waals surface area contributed by atoms with Crippen LogP contribution in [-0.4, -0.2) is 25.8 Å². The molecule has 0 radical (unpaired) electrons. The van der Waals surface area contributed by atoms with Crippen LogP contribution in [0.4, 0.5) is 10.5 Å². The summed E-state index contributed by atoms with van der Waals surface area (Å²) < 4.78 is 1.55. The molecule has 2 N–H and O–H groups in total. The molecule has 0 saturated heterocycles. The predicted molar refractivity (Wildman–Crippen MR) is 44.6 cm³/mol. The van der Waals surface area contributed by atoms with Crippen LogP contribution in [0.25, 0.3) is 5.65 Å². The van der Waals surface area contributed by atoms with Gasteiger partial charge >= 0.3 is 6.09 Å². The van der Waals surface area contributed by atoms with Crippen LogP contribution in [0.5, 0.6) is 0 Å². The number of amides is 1. The first kappa shape index (κ1) is 7.53. The number of aromatic nitrogens is 3. The molecular weight excluding hydrogens is 172 g/mol. The Morgan fingerprint density at radius 1 is 1.62 bits per heavy atom. The van der Waals surface area contributed by atoms with Gasteiger partial charge in [-0.1, -0.05) is 0 Å². The van der Waals surface area contributed by atoms with Crippen LogP contribution in [0.15, 0.2) is 24.7 Å². The van der Waals surface area contributed by atoms with Gasteiger partial charge in [0.2, 0.25) is 0 Å². The van der Waals surface area contributed by atoms with Gasteiger partial charge in [-0.25, -0.2) is 14.3 Å². The highest BCUT2D eigenvalue weighted by Gasteiger charge is 1.99. The maximum absolute atomic E-state index is 10.3. The number of nitrogens with zero attached hydrogens (tertiary/aromatic N) is 3. The number of carbonyl (C=O) groups is 1. The van der Waals surface area contributed by atoms with Crippen molar-refractivity contribution in [3.05, 3.63) is 24.7 Å². The Morgan fingerprint density at radius 2 is 2.46 bits per heavy atom. The zero-order valence-corrected chi connectivity index (χ0v) is 6.51. The maximum Gasteiger partial charge on any atom is 0.409 e. The Kier molecular flexibility index (Phi) is 1.59. The zero-order chi connectivity index (χ0) is 9.26. The quantitative estimate of drug-likeness (QED) is 0.677. The smallest absolute Gasteiger partial charge is 0.409 e. The minimum Gasteiger partial charge on any atom is -0.465 e. The number of hydrogen-bond donors (Lipinski definition) is 2. The molecule has 66 valence electrons. The van der Waals surface area contributed by atoms with Crippen molar-refractivity contribution in [3.63, 3.8) is 0 Å². The van der Waals surface area contributed by atoms with Crippen molar-refractivity contribution in [2.24, 2.45) is 0 Å². The van der Waals surface area contributed by atoms with Crippen LogP contribution in [0.3, 0.4) is 0 Å². The first-order valence-corrected chi connectivity index (χ1v) is 3.55. The number of fused-ring (bicyclic) bond motifs is 1. The average molecular weight is 178 g/mol. The molecule has 2 rings (SSSR count). The summed E-state index contributed by atoms with van der Waals surface area (Å²) in [4.78, 5) is 14.2. The van der Waals surface area contributed by atoms with E-state index < -0.39 is 6.09 Å². The summed E-state index contributed by atoms with van der Waals surface area (Å²) in [6.07, 6.45) is 1.94. The van der Waals surface area contributed by atoms with Gasteiger partial charge in [0.1, 0.15) is 6.33 Å². The van der Waals surface area contributed by atoms with E-state index in [1.165, 1.54) is 6.33 Å². The lowest BCUT2D eigenvalue weighted by Gasteiger charge is -1.99. The van der Waals surface area contributed by atoms with E-state index in [0.717, 1.165) is 0 Å². The van der Waals surface area contributed by atoms with E-state index in [1.807, 2.05) is 0 Å². The third-order valence-corrected chi connectivity index (χ3v) is 1.53. The molecule has 0 aliphatic heterocycles. The van der Waals surface area contributed by atoms with Gasteiger partial charge in [-0.3, -0.25) is 5.32 Å². The summed E-state index contributed by atoms with van der Waals surface area (Å²) in [5.74, 6) is 0. The van der Waals surface area contributed by atoms with Crippen molar-refractivity contribution in [2.45, 2.75) is 0 Å². The van der Waals surface area contributed by atoms with Gasteiger partial charge in [-0.15, -0.1) is 0 Å². The topological polar surface area (TPSA) is 79.5 Å². The van der Waals surface area contributed by atoms with E-state index in [-0.39, 0.29) is 0 Å². The summed E-state index contributed by atoms with van der Waals surface area (Å²) in [5.41, 5.74) is 1.08. The molecule has 0 fully saturated rings. The maximum atomic E-state index is 10.3. The molecular formula is C7H6N4O2. The number of hydrogen-bond acceptors (Lipinski definition) is 3. The summed E-state index contributed by atoms with van der Waals surface area (Å²) >= 11 is 0. The van der Waals surface area contributed by atoms with Gasteiger partial charge in [0.25, 0.3) is 0 Å².